The molecule has 4 rings (SSSR count). The molecule has 1 saturated heterocycles. The van der Waals surface area contributed by atoms with Crippen LogP contribution in [0, 0.1) is 11.3 Å². The molecule has 2 atom stereocenters. The predicted molar refractivity (Wildman–Crippen MR) is 128 cm³/mol. The number of nitrogens with two attached hydrogens (primary N) is 1. The van der Waals surface area contributed by atoms with Crippen molar-refractivity contribution >= 4 is 46.5 Å². The molecule has 5 N–H and O–H groups in total. The van der Waals surface area contributed by atoms with E-state index in [-0.39, 0.29) is 37.7 Å². The molecule has 34 heavy (non-hydrogen) atoms. The third-order valence-electron chi connectivity index (χ3n) is 5.41. The highest BCUT2D eigenvalue weighted by Crippen LogP contribution is 2.24. The molecule has 3 aromatic rings. The maximum atomic E-state index is 13.0. The van der Waals surface area contributed by atoms with Crippen LogP contribution in [0.1, 0.15) is 11.1 Å². The lowest BCUT2D eigenvalue weighted by molar-refractivity contribution is -0.150. The Balaban J connectivity index is 0.00000324. The number of carbonyl (C=O) groups excluding carboxylic acids is 2. The Bertz CT molecular complexity index is 1340. The largest absolute Gasteiger partial charge is 0.380 e. The summed E-state index contributed by atoms with van der Waals surface area (Å²) in [7, 11) is 0. The van der Waals surface area contributed by atoms with Crippen molar-refractivity contribution in [3.63, 3.8) is 0 Å². The summed E-state index contributed by atoms with van der Waals surface area (Å²) in [5.41, 5.74) is 7.69. The van der Waals surface area contributed by atoms with Gasteiger partial charge in [0, 0.05) is 30.5 Å². The van der Waals surface area contributed by atoms with Crippen LogP contribution in [-0.4, -0.2) is 47.3 Å². The summed E-state index contributed by atoms with van der Waals surface area (Å²) in [6.45, 7) is 0.436. The Hall–Kier alpha value is -3.75. The molecule has 1 aromatic heterocycles. The summed E-state index contributed by atoms with van der Waals surface area (Å²) in [6.07, 6.45) is -3.17. The van der Waals surface area contributed by atoms with E-state index in [1.807, 2.05) is 6.07 Å². The van der Waals surface area contributed by atoms with E-state index in [0.717, 1.165) is 5.39 Å². The zero-order valence-corrected chi connectivity index (χ0v) is 18.7. The Morgan fingerprint density at radius 2 is 2.03 bits per heavy atom. The molecule has 176 valence electrons. The number of nitriles is 1. The van der Waals surface area contributed by atoms with E-state index in [1.54, 1.807) is 24.3 Å². The van der Waals surface area contributed by atoms with Crippen molar-refractivity contribution < 1.29 is 19.4 Å². The third kappa shape index (κ3) is 4.93. The number of morpholine rings is 1. The topological polar surface area (TPSA) is 162 Å². The first-order valence-electron chi connectivity index (χ1n) is 10.2. The van der Waals surface area contributed by atoms with Crippen LogP contribution >= 0.6 is 12.4 Å². The first kappa shape index (κ1) is 24.9. The number of nitrogens with one attached hydrogen (secondary N) is 2. The number of fused-ring (bicyclic) bond motifs is 1. The molecule has 1 aliphatic rings. The second-order valence-electron chi connectivity index (χ2n) is 7.50. The number of ether oxygens (including phenoxy) is 1. The minimum absolute atomic E-state index is 0. The molecule has 0 aliphatic carbocycles. The quantitative estimate of drug-likeness (QED) is 0.421. The van der Waals surface area contributed by atoms with Gasteiger partial charge in [-0.3, -0.25) is 14.4 Å². The van der Waals surface area contributed by atoms with Crippen molar-refractivity contribution in [3.05, 3.63) is 70.0 Å². The fraction of sp³-hybridized carbons (Fsp3) is 0.217. The molecule has 1 aliphatic heterocycles. The number of pyridine rings is 1. The number of aliphatic hydroxyl groups is 1. The monoisotopic (exact) mass is 483 g/mol. The first-order valence-corrected chi connectivity index (χ1v) is 10.2. The molecule has 0 bridgehead atoms. The van der Waals surface area contributed by atoms with E-state index >= 15 is 0 Å². The lowest BCUT2D eigenvalue weighted by Crippen LogP contribution is -2.55. The number of H-pyrrole nitrogens is 1. The van der Waals surface area contributed by atoms with E-state index in [4.69, 9.17) is 15.7 Å². The van der Waals surface area contributed by atoms with Crippen LogP contribution in [0.4, 0.5) is 11.4 Å². The number of hydrogen-bond donors (Lipinski definition) is 4. The van der Waals surface area contributed by atoms with Gasteiger partial charge in [-0.25, -0.2) is 0 Å². The molecule has 0 unspecified atom stereocenters. The van der Waals surface area contributed by atoms with Gasteiger partial charge in [0.2, 0.25) is 5.56 Å². The molecule has 1 fully saturated rings. The van der Waals surface area contributed by atoms with Gasteiger partial charge in [0.1, 0.15) is 0 Å². The fourth-order valence-electron chi connectivity index (χ4n) is 3.70. The van der Waals surface area contributed by atoms with Crippen LogP contribution in [-0.2, 0) is 20.9 Å². The molecule has 2 heterocycles. The van der Waals surface area contributed by atoms with Crippen molar-refractivity contribution in [1.29, 1.82) is 5.26 Å². The van der Waals surface area contributed by atoms with Crippen molar-refractivity contribution in [2.75, 3.05) is 23.4 Å². The van der Waals surface area contributed by atoms with Crippen LogP contribution in [0.5, 0.6) is 0 Å². The zero-order valence-electron chi connectivity index (χ0n) is 17.9. The number of halogens is 1. The zero-order chi connectivity index (χ0) is 23.5. The standard InChI is InChI=1S/C23H21N5O5.ClH/c24-11-14-1-4-16(9-15(14)12-25)26-22(31)20(30)21-23(32)28(7-8-33-21)17-5-2-13-3-6-19(29)27-18(13)10-17;/h1-6,9-10,20-21,30H,7-8,12,25H2,(H,26,31)(H,27,29);1H/t20-,21-;/m1./s1. The summed E-state index contributed by atoms with van der Waals surface area (Å²) >= 11 is 0. The average Bonchev–Trinajstić information content (AvgIpc) is 2.83. The van der Waals surface area contributed by atoms with Crippen molar-refractivity contribution in [2.45, 2.75) is 18.8 Å². The number of aromatic amines is 1. The Morgan fingerprint density at radius 3 is 2.76 bits per heavy atom. The van der Waals surface area contributed by atoms with Gasteiger partial charge < -0.3 is 30.8 Å². The molecule has 2 amide bonds. The van der Waals surface area contributed by atoms with E-state index in [0.29, 0.717) is 28.0 Å². The van der Waals surface area contributed by atoms with Gasteiger partial charge >= 0.3 is 0 Å². The number of amides is 2. The number of aliphatic hydroxyl groups excluding tert-OH is 1. The summed E-state index contributed by atoms with van der Waals surface area (Å²) in [6, 6.07) is 14.8. The Morgan fingerprint density at radius 1 is 1.26 bits per heavy atom. The van der Waals surface area contributed by atoms with Gasteiger partial charge in [0.15, 0.2) is 12.2 Å². The molecular formula is C23H22ClN5O5. The molecule has 0 spiro atoms. The summed E-state index contributed by atoms with van der Waals surface area (Å²) in [4.78, 5) is 41.4. The molecule has 11 heteroatoms. The van der Waals surface area contributed by atoms with Crippen LogP contribution < -0.4 is 21.5 Å². The van der Waals surface area contributed by atoms with E-state index < -0.39 is 24.0 Å². The smallest absolute Gasteiger partial charge is 0.259 e. The minimum Gasteiger partial charge on any atom is -0.380 e. The molecule has 0 saturated carbocycles. The summed E-state index contributed by atoms with van der Waals surface area (Å²) in [5.74, 6) is -1.41. The number of aromatic nitrogens is 1. The van der Waals surface area contributed by atoms with E-state index in [1.165, 1.54) is 29.2 Å². The maximum absolute atomic E-state index is 13.0. The van der Waals surface area contributed by atoms with Gasteiger partial charge in [-0.1, -0.05) is 6.07 Å². The van der Waals surface area contributed by atoms with E-state index in [2.05, 4.69) is 10.3 Å². The molecule has 2 aromatic carbocycles. The normalized spacial score (nSPS) is 16.4. The van der Waals surface area contributed by atoms with Gasteiger partial charge in [0.25, 0.3) is 11.8 Å². The minimum atomic E-state index is -1.77. The highest BCUT2D eigenvalue weighted by molar-refractivity contribution is 6.04. The van der Waals surface area contributed by atoms with Gasteiger partial charge in [-0.15, -0.1) is 12.4 Å². The predicted octanol–water partition coefficient (Wildman–Crippen LogP) is 1.01. The van der Waals surface area contributed by atoms with Gasteiger partial charge in [-0.05, 0) is 47.3 Å². The van der Waals surface area contributed by atoms with Crippen molar-refractivity contribution in [2.24, 2.45) is 5.73 Å². The Kier molecular flexibility index (Phi) is 7.65. The fourth-order valence-corrected chi connectivity index (χ4v) is 3.70. The second-order valence-corrected chi connectivity index (χ2v) is 7.50. The van der Waals surface area contributed by atoms with Crippen LogP contribution in [0.15, 0.2) is 53.3 Å². The van der Waals surface area contributed by atoms with Crippen LogP contribution in [0.2, 0.25) is 0 Å². The highest BCUT2D eigenvalue weighted by Gasteiger charge is 2.39. The van der Waals surface area contributed by atoms with E-state index in [9.17, 15) is 19.5 Å². The van der Waals surface area contributed by atoms with Crippen LogP contribution in [0.3, 0.4) is 0 Å². The maximum Gasteiger partial charge on any atom is 0.259 e. The number of benzene rings is 2. The number of hydrogen-bond acceptors (Lipinski definition) is 7. The van der Waals surface area contributed by atoms with Crippen molar-refractivity contribution in [3.8, 4) is 6.07 Å². The SMILES string of the molecule is Cl.N#Cc1ccc(NC(=O)[C@H](O)[C@H]2OCCN(c3ccc4ccc(=O)[nH]c4c3)C2=O)cc1CN. The van der Waals surface area contributed by atoms with Crippen LogP contribution in [0.25, 0.3) is 10.9 Å². The molecular weight excluding hydrogens is 462 g/mol. The van der Waals surface area contributed by atoms with Gasteiger partial charge in [0.05, 0.1) is 23.8 Å². The number of carbonyl (C=O) groups is 2. The summed E-state index contributed by atoms with van der Waals surface area (Å²) in [5, 5.41) is 23.0. The number of anilines is 2. The second kappa shape index (κ2) is 10.5. The molecule has 0 radical (unpaired) electrons. The number of rotatable bonds is 5. The summed E-state index contributed by atoms with van der Waals surface area (Å²) < 4.78 is 5.43. The Labute approximate surface area is 200 Å². The third-order valence-corrected chi connectivity index (χ3v) is 5.41. The number of nitrogens with zero attached hydrogens (tertiary/aromatic N) is 2. The van der Waals surface area contributed by atoms with Crippen molar-refractivity contribution in [1.82, 2.24) is 4.98 Å². The average molecular weight is 484 g/mol. The lowest BCUT2D eigenvalue weighted by atomic mass is 10.1. The first-order chi connectivity index (χ1) is 15.9. The van der Waals surface area contributed by atoms with Gasteiger partial charge in [-0.2, -0.15) is 5.26 Å². The lowest BCUT2D eigenvalue weighted by Gasteiger charge is -2.34. The highest BCUT2D eigenvalue weighted by atomic mass is 35.5. The molecule has 10 nitrogen and oxygen atoms in total.